The molecule has 0 unspecified atom stereocenters. The number of nitriles is 2. The van der Waals surface area contributed by atoms with Crippen molar-refractivity contribution in [2.45, 2.75) is 26.2 Å². The Morgan fingerprint density at radius 2 is 1.79 bits per heavy atom. The standard InChI is InChI=1S/C13H16N6/c1-2-5-16-12-13(19-6-3-4-7-19)18-11(9-15)10(8-14)17-12/h2-7H2,1H3,(H,16,17). The Kier molecular flexibility index (Phi) is 4.15. The van der Waals surface area contributed by atoms with Crippen LogP contribution in [0.1, 0.15) is 37.6 Å². The van der Waals surface area contributed by atoms with Gasteiger partial charge in [0.15, 0.2) is 23.0 Å². The minimum absolute atomic E-state index is 0.0871. The highest BCUT2D eigenvalue weighted by atomic mass is 15.2. The molecule has 2 rings (SSSR count). The molecule has 6 nitrogen and oxygen atoms in total. The van der Waals surface area contributed by atoms with E-state index in [-0.39, 0.29) is 11.4 Å². The molecule has 1 aromatic heterocycles. The molecule has 0 aliphatic carbocycles. The lowest BCUT2D eigenvalue weighted by molar-refractivity contribution is 0.904. The lowest BCUT2D eigenvalue weighted by atomic mass is 10.3. The molecule has 0 atom stereocenters. The van der Waals surface area contributed by atoms with Gasteiger partial charge < -0.3 is 10.2 Å². The van der Waals surface area contributed by atoms with E-state index in [1.807, 2.05) is 12.1 Å². The highest BCUT2D eigenvalue weighted by Crippen LogP contribution is 2.26. The van der Waals surface area contributed by atoms with Crippen molar-refractivity contribution in [2.24, 2.45) is 0 Å². The van der Waals surface area contributed by atoms with Gasteiger partial charge in [-0.05, 0) is 19.3 Å². The van der Waals surface area contributed by atoms with Crippen molar-refractivity contribution < 1.29 is 0 Å². The van der Waals surface area contributed by atoms with E-state index >= 15 is 0 Å². The minimum Gasteiger partial charge on any atom is -0.367 e. The predicted octanol–water partition coefficient (Wildman–Crippen LogP) is 1.64. The van der Waals surface area contributed by atoms with Gasteiger partial charge in [-0.25, -0.2) is 9.97 Å². The van der Waals surface area contributed by atoms with Crippen LogP contribution in [-0.4, -0.2) is 29.6 Å². The third-order valence-electron chi connectivity index (χ3n) is 3.04. The Hall–Kier alpha value is -2.34. The van der Waals surface area contributed by atoms with Crippen LogP contribution in [-0.2, 0) is 0 Å². The van der Waals surface area contributed by atoms with E-state index in [2.05, 4.69) is 27.1 Å². The average molecular weight is 256 g/mol. The Morgan fingerprint density at radius 3 is 2.37 bits per heavy atom. The highest BCUT2D eigenvalue weighted by molar-refractivity contribution is 5.64. The molecule has 1 aliphatic heterocycles. The number of hydrogen-bond acceptors (Lipinski definition) is 6. The maximum Gasteiger partial charge on any atom is 0.179 e. The minimum atomic E-state index is 0.0871. The van der Waals surface area contributed by atoms with Gasteiger partial charge in [-0.2, -0.15) is 10.5 Å². The van der Waals surface area contributed by atoms with E-state index < -0.39 is 0 Å². The van der Waals surface area contributed by atoms with E-state index in [1.165, 1.54) is 0 Å². The van der Waals surface area contributed by atoms with Crippen LogP contribution in [0, 0.1) is 22.7 Å². The summed E-state index contributed by atoms with van der Waals surface area (Å²) in [6.45, 7) is 4.68. The molecule has 1 fully saturated rings. The monoisotopic (exact) mass is 256 g/mol. The number of nitrogens with one attached hydrogen (secondary N) is 1. The van der Waals surface area contributed by atoms with Crippen LogP contribution < -0.4 is 10.2 Å². The van der Waals surface area contributed by atoms with Crippen LogP contribution in [0.5, 0.6) is 0 Å². The van der Waals surface area contributed by atoms with Gasteiger partial charge in [-0.15, -0.1) is 0 Å². The van der Waals surface area contributed by atoms with Gasteiger partial charge in [-0.1, -0.05) is 6.92 Å². The van der Waals surface area contributed by atoms with Gasteiger partial charge in [0.25, 0.3) is 0 Å². The fraction of sp³-hybridized carbons (Fsp3) is 0.538. The average Bonchev–Trinajstić information content (AvgIpc) is 2.98. The van der Waals surface area contributed by atoms with Crippen molar-refractivity contribution >= 4 is 11.6 Å². The summed E-state index contributed by atoms with van der Waals surface area (Å²) in [6, 6.07) is 3.87. The van der Waals surface area contributed by atoms with Gasteiger partial charge >= 0.3 is 0 Å². The van der Waals surface area contributed by atoms with Crippen LogP contribution >= 0.6 is 0 Å². The normalized spacial score (nSPS) is 13.9. The number of hydrogen-bond donors (Lipinski definition) is 1. The topological polar surface area (TPSA) is 88.6 Å². The Morgan fingerprint density at radius 1 is 1.16 bits per heavy atom. The largest absolute Gasteiger partial charge is 0.367 e. The SMILES string of the molecule is CCCNc1nc(C#N)c(C#N)nc1N1CCCC1. The second-order valence-electron chi connectivity index (χ2n) is 4.44. The summed E-state index contributed by atoms with van der Waals surface area (Å²) in [5.74, 6) is 1.31. The quantitative estimate of drug-likeness (QED) is 0.881. The predicted molar refractivity (Wildman–Crippen MR) is 71.7 cm³/mol. The Labute approximate surface area is 112 Å². The second kappa shape index (κ2) is 6.01. The molecule has 1 aliphatic rings. The number of aromatic nitrogens is 2. The van der Waals surface area contributed by atoms with Crippen LogP contribution in [0.4, 0.5) is 11.6 Å². The molecule has 0 saturated carbocycles. The van der Waals surface area contributed by atoms with Crippen molar-refractivity contribution in [1.29, 1.82) is 10.5 Å². The molecule has 1 saturated heterocycles. The van der Waals surface area contributed by atoms with Crippen molar-refractivity contribution in [2.75, 3.05) is 29.9 Å². The summed E-state index contributed by atoms with van der Waals surface area (Å²) in [6.07, 6.45) is 3.20. The Balaban J connectivity index is 2.42. The molecule has 98 valence electrons. The summed E-state index contributed by atoms with van der Waals surface area (Å²) in [4.78, 5) is 10.7. The first kappa shape index (κ1) is 13.1. The first-order valence-electron chi connectivity index (χ1n) is 6.51. The smallest absolute Gasteiger partial charge is 0.179 e. The Bertz CT molecular complexity index is 533. The maximum absolute atomic E-state index is 9.04. The van der Waals surface area contributed by atoms with Crippen molar-refractivity contribution in [3.05, 3.63) is 11.4 Å². The summed E-state index contributed by atoms with van der Waals surface area (Å²) in [5, 5.41) is 21.2. The molecular weight excluding hydrogens is 240 g/mol. The maximum atomic E-state index is 9.04. The van der Waals surface area contributed by atoms with Gasteiger partial charge in [0.05, 0.1) is 0 Å². The summed E-state index contributed by atoms with van der Waals surface area (Å²) >= 11 is 0. The van der Waals surface area contributed by atoms with Gasteiger partial charge in [0, 0.05) is 19.6 Å². The van der Waals surface area contributed by atoms with Gasteiger partial charge in [0.2, 0.25) is 0 Å². The molecule has 0 amide bonds. The van der Waals surface area contributed by atoms with Gasteiger partial charge in [-0.3, -0.25) is 0 Å². The molecule has 0 aromatic carbocycles. The van der Waals surface area contributed by atoms with Crippen molar-refractivity contribution in [3.63, 3.8) is 0 Å². The lowest BCUT2D eigenvalue weighted by Crippen LogP contribution is -2.22. The van der Waals surface area contributed by atoms with Crippen LogP contribution in [0.2, 0.25) is 0 Å². The molecule has 0 spiro atoms. The third-order valence-corrected chi connectivity index (χ3v) is 3.04. The van der Waals surface area contributed by atoms with Crippen LogP contribution in [0.15, 0.2) is 0 Å². The van der Waals surface area contributed by atoms with Gasteiger partial charge in [0.1, 0.15) is 12.1 Å². The first-order chi connectivity index (χ1) is 9.30. The number of anilines is 2. The zero-order chi connectivity index (χ0) is 13.7. The molecule has 6 heteroatoms. The molecule has 19 heavy (non-hydrogen) atoms. The number of nitrogens with zero attached hydrogens (tertiary/aromatic N) is 5. The third kappa shape index (κ3) is 2.74. The summed E-state index contributed by atoms with van der Waals surface area (Å²) in [5.41, 5.74) is 0.190. The lowest BCUT2D eigenvalue weighted by Gasteiger charge is -2.20. The summed E-state index contributed by atoms with van der Waals surface area (Å²) in [7, 11) is 0. The van der Waals surface area contributed by atoms with E-state index in [1.54, 1.807) is 0 Å². The molecule has 0 radical (unpaired) electrons. The van der Waals surface area contributed by atoms with Crippen LogP contribution in [0.3, 0.4) is 0 Å². The van der Waals surface area contributed by atoms with Crippen molar-refractivity contribution in [1.82, 2.24) is 9.97 Å². The highest BCUT2D eigenvalue weighted by Gasteiger charge is 2.21. The summed E-state index contributed by atoms with van der Waals surface area (Å²) < 4.78 is 0. The molecule has 0 bridgehead atoms. The van der Waals surface area contributed by atoms with E-state index in [0.29, 0.717) is 11.6 Å². The molecule has 1 N–H and O–H groups in total. The fourth-order valence-electron chi connectivity index (χ4n) is 2.09. The van der Waals surface area contributed by atoms with E-state index in [9.17, 15) is 0 Å². The van der Waals surface area contributed by atoms with E-state index in [4.69, 9.17) is 10.5 Å². The molecule has 1 aromatic rings. The van der Waals surface area contributed by atoms with Crippen molar-refractivity contribution in [3.8, 4) is 12.1 Å². The first-order valence-corrected chi connectivity index (χ1v) is 6.51. The zero-order valence-corrected chi connectivity index (χ0v) is 11.0. The van der Waals surface area contributed by atoms with Crippen LogP contribution in [0.25, 0.3) is 0 Å². The number of rotatable bonds is 4. The molecule has 2 heterocycles. The second-order valence-corrected chi connectivity index (χ2v) is 4.44. The zero-order valence-electron chi connectivity index (χ0n) is 11.0. The molecular formula is C13H16N6. The fourth-order valence-corrected chi connectivity index (χ4v) is 2.09. The van der Waals surface area contributed by atoms with E-state index in [0.717, 1.165) is 38.9 Å².